The van der Waals surface area contributed by atoms with Crippen molar-refractivity contribution >= 4 is 49.9 Å². The minimum atomic E-state index is -0.130. The normalized spacial score (nSPS) is 12.3. The number of halogens is 2. The summed E-state index contributed by atoms with van der Waals surface area (Å²) in [5, 5.41) is 14.3. The quantitative estimate of drug-likeness (QED) is 0.339. The molecule has 2 N–H and O–H groups in total. The van der Waals surface area contributed by atoms with Crippen LogP contribution >= 0.6 is 38.5 Å². The van der Waals surface area contributed by atoms with E-state index in [1.807, 2.05) is 12.1 Å². The first-order valence-corrected chi connectivity index (χ1v) is 9.87. The van der Waals surface area contributed by atoms with Gasteiger partial charge in [0.05, 0.1) is 11.4 Å². The highest BCUT2D eigenvalue weighted by atomic mass is 127. The van der Waals surface area contributed by atoms with Gasteiger partial charge in [-0.2, -0.15) is 0 Å². The Hall–Kier alpha value is -0.750. The van der Waals surface area contributed by atoms with E-state index < -0.39 is 0 Å². The fourth-order valence-electron chi connectivity index (χ4n) is 2.47. The summed E-state index contributed by atoms with van der Waals surface area (Å²) in [6.45, 7) is 13.0. The predicted octanol–water partition coefficient (Wildman–Crippen LogP) is 7.10. The van der Waals surface area contributed by atoms with Crippen LogP contribution < -0.4 is 5.32 Å². The van der Waals surface area contributed by atoms with E-state index in [0.29, 0.717) is 5.75 Å². The largest absolute Gasteiger partial charge is 0.505 e. The Kier molecular flexibility index (Phi) is 5.60. The summed E-state index contributed by atoms with van der Waals surface area (Å²) in [6.07, 6.45) is 0. The first-order valence-electron chi connectivity index (χ1n) is 7.99. The van der Waals surface area contributed by atoms with Crippen LogP contribution in [0.2, 0.25) is 0 Å². The zero-order chi connectivity index (χ0) is 18.3. The fourth-order valence-corrected chi connectivity index (χ4v) is 3.91. The Bertz CT molecular complexity index is 757. The van der Waals surface area contributed by atoms with Crippen LogP contribution in [0.3, 0.4) is 0 Å². The molecule has 0 aliphatic rings. The topological polar surface area (TPSA) is 32.3 Å². The number of phenols is 1. The second-order valence-electron chi connectivity index (χ2n) is 8.17. The van der Waals surface area contributed by atoms with Crippen LogP contribution in [0.15, 0.2) is 34.8 Å². The van der Waals surface area contributed by atoms with Crippen molar-refractivity contribution < 1.29 is 5.11 Å². The van der Waals surface area contributed by atoms with Crippen LogP contribution in [-0.2, 0) is 10.8 Å². The Labute approximate surface area is 167 Å². The van der Waals surface area contributed by atoms with Gasteiger partial charge in [-0.1, -0.05) is 63.5 Å². The maximum Gasteiger partial charge on any atom is 0.142 e. The van der Waals surface area contributed by atoms with Gasteiger partial charge in [-0.05, 0) is 63.2 Å². The van der Waals surface area contributed by atoms with Gasteiger partial charge in [0, 0.05) is 13.6 Å². The van der Waals surface area contributed by atoms with Crippen LogP contribution in [-0.4, -0.2) is 5.11 Å². The molecule has 0 amide bonds. The van der Waals surface area contributed by atoms with Gasteiger partial charge in [-0.3, -0.25) is 0 Å². The molecule has 0 fully saturated rings. The van der Waals surface area contributed by atoms with E-state index in [0.717, 1.165) is 25.0 Å². The van der Waals surface area contributed by atoms with Crippen molar-refractivity contribution in [2.75, 3.05) is 5.32 Å². The summed E-state index contributed by atoms with van der Waals surface area (Å²) in [5.74, 6) is 0.328. The van der Waals surface area contributed by atoms with Crippen LogP contribution in [0.5, 0.6) is 5.75 Å². The summed E-state index contributed by atoms with van der Waals surface area (Å²) in [7, 11) is 0. The molecule has 0 aromatic heterocycles. The van der Waals surface area contributed by atoms with Gasteiger partial charge in [-0.15, -0.1) is 0 Å². The molecule has 0 unspecified atom stereocenters. The smallest absolute Gasteiger partial charge is 0.142 e. The lowest BCUT2D eigenvalue weighted by atomic mass is 9.79. The summed E-state index contributed by atoms with van der Waals surface area (Å²) in [4.78, 5) is 0. The number of phenolic OH excluding ortho intramolecular Hbond substituents is 1. The Morgan fingerprint density at radius 2 is 1.54 bits per heavy atom. The molecule has 0 atom stereocenters. The van der Waals surface area contributed by atoms with Gasteiger partial charge in [0.1, 0.15) is 5.75 Å². The third kappa shape index (κ3) is 4.45. The highest BCUT2D eigenvalue weighted by Crippen LogP contribution is 2.41. The van der Waals surface area contributed by atoms with Crippen molar-refractivity contribution in [3.05, 3.63) is 49.5 Å². The van der Waals surface area contributed by atoms with Crippen molar-refractivity contribution in [1.29, 1.82) is 0 Å². The summed E-state index contributed by atoms with van der Waals surface area (Å²) >= 11 is 5.79. The van der Waals surface area contributed by atoms with Gasteiger partial charge >= 0.3 is 0 Å². The van der Waals surface area contributed by atoms with Crippen molar-refractivity contribution in [2.24, 2.45) is 0 Å². The molecule has 0 aliphatic heterocycles. The molecule has 2 nitrogen and oxygen atoms in total. The molecular formula is C20H25BrINO. The Balaban J connectivity index is 2.60. The minimum Gasteiger partial charge on any atom is -0.505 e. The number of anilines is 2. The van der Waals surface area contributed by atoms with Gasteiger partial charge in [0.25, 0.3) is 0 Å². The number of hydrogen-bond donors (Lipinski definition) is 2. The third-order valence-corrected chi connectivity index (χ3v) is 5.37. The van der Waals surface area contributed by atoms with Crippen molar-refractivity contribution in [1.82, 2.24) is 0 Å². The zero-order valence-corrected chi connectivity index (χ0v) is 18.8. The van der Waals surface area contributed by atoms with E-state index in [-0.39, 0.29) is 10.8 Å². The van der Waals surface area contributed by atoms with Crippen molar-refractivity contribution in [3.8, 4) is 5.75 Å². The standard InChI is InChI=1S/C20H25BrINO/c1-19(2,3)12-9-14(20(4,5)6)18(24)17(10-12)23-16-8-7-13(21)11-15(16)22/h7-11,23-24H,1-6H3. The molecule has 0 saturated heterocycles. The molecule has 24 heavy (non-hydrogen) atoms. The van der Waals surface area contributed by atoms with E-state index in [1.54, 1.807) is 0 Å². The number of nitrogens with one attached hydrogen (secondary N) is 1. The third-order valence-electron chi connectivity index (χ3n) is 3.98. The summed E-state index contributed by atoms with van der Waals surface area (Å²) in [5.41, 5.74) is 3.79. The van der Waals surface area contributed by atoms with E-state index in [4.69, 9.17) is 0 Å². The second-order valence-corrected chi connectivity index (χ2v) is 10.2. The van der Waals surface area contributed by atoms with Crippen LogP contribution in [0.1, 0.15) is 52.7 Å². The Morgan fingerprint density at radius 1 is 0.917 bits per heavy atom. The lowest BCUT2D eigenvalue weighted by Gasteiger charge is -2.28. The summed E-state index contributed by atoms with van der Waals surface area (Å²) < 4.78 is 2.14. The first-order chi connectivity index (χ1) is 10.9. The monoisotopic (exact) mass is 501 g/mol. The SMILES string of the molecule is CC(C)(C)c1cc(Nc2ccc(Br)cc2I)c(O)c(C(C)(C)C)c1. The lowest BCUT2D eigenvalue weighted by Crippen LogP contribution is -2.17. The number of aromatic hydroxyl groups is 1. The fraction of sp³-hybridized carbons (Fsp3) is 0.400. The molecule has 0 aliphatic carbocycles. The number of benzene rings is 2. The predicted molar refractivity (Wildman–Crippen MR) is 116 cm³/mol. The van der Waals surface area contributed by atoms with E-state index >= 15 is 0 Å². The van der Waals surface area contributed by atoms with Crippen molar-refractivity contribution in [2.45, 2.75) is 52.4 Å². The van der Waals surface area contributed by atoms with Gasteiger partial charge < -0.3 is 10.4 Å². The van der Waals surface area contributed by atoms with Gasteiger partial charge in [0.15, 0.2) is 0 Å². The van der Waals surface area contributed by atoms with Gasteiger partial charge in [-0.25, -0.2) is 0 Å². The highest BCUT2D eigenvalue weighted by molar-refractivity contribution is 14.1. The van der Waals surface area contributed by atoms with Crippen LogP contribution in [0, 0.1) is 3.57 Å². The second kappa shape index (κ2) is 6.87. The maximum absolute atomic E-state index is 10.8. The molecule has 0 spiro atoms. The van der Waals surface area contributed by atoms with Crippen LogP contribution in [0.4, 0.5) is 11.4 Å². The molecule has 130 valence electrons. The average Bonchev–Trinajstić information content (AvgIpc) is 2.41. The first kappa shape index (κ1) is 19.6. The summed E-state index contributed by atoms with van der Waals surface area (Å²) in [6, 6.07) is 10.3. The Morgan fingerprint density at radius 3 is 2.04 bits per heavy atom. The molecule has 2 aromatic rings. The number of hydrogen-bond acceptors (Lipinski definition) is 2. The molecule has 0 saturated carbocycles. The van der Waals surface area contributed by atoms with Gasteiger partial charge in [0.2, 0.25) is 0 Å². The highest BCUT2D eigenvalue weighted by Gasteiger charge is 2.25. The van der Waals surface area contributed by atoms with E-state index in [2.05, 4.69) is 104 Å². The van der Waals surface area contributed by atoms with Crippen LogP contribution in [0.25, 0.3) is 0 Å². The lowest BCUT2D eigenvalue weighted by molar-refractivity contribution is 0.447. The zero-order valence-electron chi connectivity index (χ0n) is 15.1. The van der Waals surface area contributed by atoms with E-state index in [9.17, 15) is 5.11 Å². The molecule has 4 heteroatoms. The van der Waals surface area contributed by atoms with Crippen molar-refractivity contribution in [3.63, 3.8) is 0 Å². The molecule has 0 radical (unpaired) electrons. The maximum atomic E-state index is 10.8. The average molecular weight is 502 g/mol. The van der Waals surface area contributed by atoms with E-state index in [1.165, 1.54) is 5.56 Å². The molecule has 0 bridgehead atoms. The molecule has 2 aromatic carbocycles. The molecule has 0 heterocycles. The number of rotatable bonds is 2. The molecule has 2 rings (SSSR count). The minimum absolute atomic E-state index is 0.0109. The molecular weight excluding hydrogens is 477 g/mol.